The molecule has 0 spiro atoms. The van der Waals surface area contributed by atoms with E-state index in [0.29, 0.717) is 12.8 Å². The van der Waals surface area contributed by atoms with Gasteiger partial charge in [-0.05, 0) is 12.8 Å². The number of aliphatic carboxylic acids is 1. The first-order valence-corrected chi connectivity index (χ1v) is 5.95. The third-order valence-corrected chi connectivity index (χ3v) is 2.28. The van der Waals surface area contributed by atoms with E-state index < -0.39 is 17.9 Å². The van der Waals surface area contributed by atoms with Crippen LogP contribution in [0.25, 0.3) is 0 Å². The summed E-state index contributed by atoms with van der Waals surface area (Å²) in [5, 5.41) is 8.41. The number of carbonyl (C=O) groups is 3. The minimum Gasteiger partial charge on any atom is -0.481 e. The number of rotatable bonds is 9. The predicted octanol–water partition coefficient (Wildman–Crippen LogP) is 2.28. The van der Waals surface area contributed by atoms with Crippen LogP contribution in [0.3, 0.4) is 0 Å². The number of carboxylic acid groups (broad SMARTS) is 1. The molecule has 0 fully saturated rings. The summed E-state index contributed by atoms with van der Waals surface area (Å²) in [7, 11) is 0. The topological polar surface area (TPSA) is 80.7 Å². The maximum absolute atomic E-state index is 11.0. The van der Waals surface area contributed by atoms with Crippen molar-refractivity contribution in [2.24, 2.45) is 0 Å². The average Bonchev–Trinajstić information content (AvgIpc) is 2.20. The number of esters is 2. The van der Waals surface area contributed by atoms with Gasteiger partial charge in [0.15, 0.2) is 0 Å². The highest BCUT2D eigenvalue weighted by molar-refractivity contribution is 5.83. The average molecular weight is 244 g/mol. The standard InChI is InChI=1S/C12H20O5/c1-10(13)17-12(16)9-7-5-3-2-4-6-8-11(14)15/h2-9H2,1H3,(H,14,15). The minimum atomic E-state index is -0.753. The number of unbranched alkanes of at least 4 members (excludes halogenated alkanes) is 5. The van der Waals surface area contributed by atoms with Crippen LogP contribution in [0.5, 0.6) is 0 Å². The zero-order valence-electron chi connectivity index (χ0n) is 10.2. The van der Waals surface area contributed by atoms with Crippen molar-refractivity contribution in [2.45, 2.75) is 58.3 Å². The Morgan fingerprint density at radius 2 is 1.35 bits per heavy atom. The van der Waals surface area contributed by atoms with E-state index in [0.717, 1.165) is 25.7 Å². The molecule has 98 valence electrons. The van der Waals surface area contributed by atoms with Gasteiger partial charge in [-0.15, -0.1) is 0 Å². The second-order valence-corrected chi connectivity index (χ2v) is 3.98. The quantitative estimate of drug-likeness (QED) is 0.382. The van der Waals surface area contributed by atoms with Gasteiger partial charge in [-0.2, -0.15) is 0 Å². The molecular weight excluding hydrogens is 224 g/mol. The zero-order valence-corrected chi connectivity index (χ0v) is 10.2. The summed E-state index contributed by atoms with van der Waals surface area (Å²) in [6.45, 7) is 1.21. The fraction of sp³-hybridized carbons (Fsp3) is 0.750. The van der Waals surface area contributed by atoms with Crippen molar-refractivity contribution in [2.75, 3.05) is 0 Å². The highest BCUT2D eigenvalue weighted by atomic mass is 16.6. The molecule has 0 aromatic carbocycles. The maximum Gasteiger partial charge on any atom is 0.313 e. The molecule has 0 heterocycles. The first-order chi connectivity index (χ1) is 8.02. The predicted molar refractivity (Wildman–Crippen MR) is 61.3 cm³/mol. The molecular formula is C12H20O5. The van der Waals surface area contributed by atoms with Crippen LogP contribution in [-0.2, 0) is 19.1 Å². The lowest BCUT2D eigenvalue weighted by Crippen LogP contribution is -2.08. The van der Waals surface area contributed by atoms with Crippen LogP contribution in [0.2, 0.25) is 0 Å². The SMILES string of the molecule is CC(=O)OC(=O)CCCCCCCCC(=O)O. The Labute approximate surface area is 101 Å². The summed E-state index contributed by atoms with van der Waals surface area (Å²) < 4.78 is 4.38. The third kappa shape index (κ3) is 12.5. The van der Waals surface area contributed by atoms with Crippen LogP contribution in [0.1, 0.15) is 58.3 Å². The Hall–Kier alpha value is -1.39. The van der Waals surface area contributed by atoms with E-state index >= 15 is 0 Å². The van der Waals surface area contributed by atoms with Crippen LogP contribution in [0.4, 0.5) is 0 Å². The van der Waals surface area contributed by atoms with E-state index in [1.165, 1.54) is 6.92 Å². The summed E-state index contributed by atoms with van der Waals surface area (Å²) in [4.78, 5) is 31.6. The summed E-state index contributed by atoms with van der Waals surface area (Å²) in [6.07, 6.45) is 5.69. The van der Waals surface area contributed by atoms with Crippen LogP contribution in [-0.4, -0.2) is 23.0 Å². The number of carboxylic acids is 1. The summed E-state index contributed by atoms with van der Waals surface area (Å²) in [5.41, 5.74) is 0. The molecule has 5 heteroatoms. The van der Waals surface area contributed by atoms with E-state index in [2.05, 4.69) is 4.74 Å². The molecule has 0 bridgehead atoms. The number of carbonyl (C=O) groups excluding carboxylic acids is 2. The Balaban J connectivity index is 3.21. The fourth-order valence-electron chi connectivity index (χ4n) is 1.46. The molecule has 17 heavy (non-hydrogen) atoms. The van der Waals surface area contributed by atoms with Gasteiger partial charge >= 0.3 is 17.9 Å². The van der Waals surface area contributed by atoms with E-state index in [1.807, 2.05) is 0 Å². The van der Waals surface area contributed by atoms with E-state index in [9.17, 15) is 14.4 Å². The monoisotopic (exact) mass is 244 g/mol. The summed E-state index contributed by atoms with van der Waals surface area (Å²) in [5.74, 6) is -1.79. The first kappa shape index (κ1) is 15.6. The normalized spacial score (nSPS) is 9.94. The van der Waals surface area contributed by atoms with Crippen molar-refractivity contribution in [3.8, 4) is 0 Å². The lowest BCUT2D eigenvalue weighted by Gasteiger charge is -2.01. The van der Waals surface area contributed by atoms with E-state index in [-0.39, 0.29) is 12.8 Å². The highest BCUT2D eigenvalue weighted by Crippen LogP contribution is 2.09. The largest absolute Gasteiger partial charge is 0.481 e. The lowest BCUT2D eigenvalue weighted by atomic mass is 10.1. The molecule has 0 aliphatic rings. The molecule has 0 unspecified atom stereocenters. The summed E-state index contributed by atoms with van der Waals surface area (Å²) >= 11 is 0. The third-order valence-electron chi connectivity index (χ3n) is 2.28. The van der Waals surface area contributed by atoms with Gasteiger partial charge in [0.1, 0.15) is 0 Å². The van der Waals surface area contributed by atoms with Gasteiger partial charge in [0, 0.05) is 19.8 Å². The van der Waals surface area contributed by atoms with Crippen molar-refractivity contribution < 1.29 is 24.2 Å². The van der Waals surface area contributed by atoms with Gasteiger partial charge in [0.25, 0.3) is 0 Å². The molecule has 1 N–H and O–H groups in total. The Bertz CT molecular complexity index is 260. The molecule has 0 radical (unpaired) electrons. The second kappa shape index (κ2) is 9.81. The number of ether oxygens (including phenoxy) is 1. The van der Waals surface area contributed by atoms with Crippen molar-refractivity contribution >= 4 is 17.9 Å². The molecule has 0 atom stereocenters. The van der Waals surface area contributed by atoms with Crippen molar-refractivity contribution in [3.05, 3.63) is 0 Å². The Morgan fingerprint density at radius 3 is 1.82 bits per heavy atom. The molecule has 0 aliphatic carbocycles. The molecule has 0 saturated heterocycles. The molecule has 0 aromatic rings. The highest BCUT2D eigenvalue weighted by Gasteiger charge is 2.05. The van der Waals surface area contributed by atoms with Crippen molar-refractivity contribution in [1.82, 2.24) is 0 Å². The second-order valence-electron chi connectivity index (χ2n) is 3.98. The first-order valence-electron chi connectivity index (χ1n) is 5.95. The van der Waals surface area contributed by atoms with E-state index in [4.69, 9.17) is 5.11 Å². The Morgan fingerprint density at radius 1 is 0.882 bits per heavy atom. The molecule has 0 saturated carbocycles. The van der Waals surface area contributed by atoms with Gasteiger partial charge in [-0.25, -0.2) is 0 Å². The minimum absolute atomic E-state index is 0.227. The van der Waals surface area contributed by atoms with Gasteiger partial charge in [0.05, 0.1) is 0 Å². The fourth-order valence-corrected chi connectivity index (χ4v) is 1.46. The van der Waals surface area contributed by atoms with E-state index in [1.54, 1.807) is 0 Å². The van der Waals surface area contributed by atoms with Crippen LogP contribution in [0.15, 0.2) is 0 Å². The molecule has 5 nitrogen and oxygen atoms in total. The van der Waals surface area contributed by atoms with Gasteiger partial charge < -0.3 is 9.84 Å². The van der Waals surface area contributed by atoms with Crippen LogP contribution >= 0.6 is 0 Å². The summed E-state index contributed by atoms with van der Waals surface area (Å²) in [6, 6.07) is 0. The molecule has 0 aliphatic heterocycles. The van der Waals surface area contributed by atoms with Crippen molar-refractivity contribution in [1.29, 1.82) is 0 Å². The van der Waals surface area contributed by atoms with Crippen LogP contribution in [0, 0.1) is 0 Å². The Kier molecular flexibility index (Phi) is 9.01. The zero-order chi connectivity index (χ0) is 13.1. The molecule has 0 rings (SSSR count). The van der Waals surface area contributed by atoms with Gasteiger partial charge in [-0.3, -0.25) is 14.4 Å². The van der Waals surface area contributed by atoms with Crippen molar-refractivity contribution in [3.63, 3.8) is 0 Å². The maximum atomic E-state index is 11.0. The molecule has 0 aromatic heterocycles. The molecule has 0 amide bonds. The smallest absolute Gasteiger partial charge is 0.313 e. The van der Waals surface area contributed by atoms with Crippen LogP contribution < -0.4 is 0 Å². The lowest BCUT2D eigenvalue weighted by molar-refractivity contribution is -0.158. The van der Waals surface area contributed by atoms with Gasteiger partial charge in [0.2, 0.25) is 0 Å². The number of hydrogen-bond donors (Lipinski definition) is 1. The number of hydrogen-bond acceptors (Lipinski definition) is 4. The van der Waals surface area contributed by atoms with Gasteiger partial charge in [-0.1, -0.05) is 25.7 Å².